The molecular formula is C13H19N3O3S2. The zero-order chi connectivity index (χ0) is 15.6. The van der Waals surface area contributed by atoms with Gasteiger partial charge in [0.1, 0.15) is 11.0 Å². The van der Waals surface area contributed by atoms with Gasteiger partial charge in [-0.1, -0.05) is 6.92 Å². The number of urea groups is 1. The molecule has 3 unspecified atom stereocenters. The zero-order valence-electron chi connectivity index (χ0n) is 12.2. The lowest BCUT2D eigenvalue weighted by molar-refractivity contribution is -0.141. The average molecular weight is 329 g/mol. The Hall–Kier alpha value is -1.28. The second-order valence-electron chi connectivity index (χ2n) is 4.94. The Morgan fingerprint density at radius 1 is 1.62 bits per heavy atom. The molecule has 0 saturated carbocycles. The molecule has 1 saturated heterocycles. The summed E-state index contributed by atoms with van der Waals surface area (Å²) in [5.74, 6) is -0.516. The van der Waals surface area contributed by atoms with Crippen molar-refractivity contribution in [2.24, 2.45) is 0 Å². The van der Waals surface area contributed by atoms with E-state index in [1.807, 2.05) is 20.8 Å². The Bertz CT molecular complexity index is 534. The molecule has 0 aliphatic carbocycles. The van der Waals surface area contributed by atoms with Crippen molar-refractivity contribution >= 4 is 35.1 Å². The van der Waals surface area contributed by atoms with Crippen molar-refractivity contribution < 1.29 is 14.7 Å². The van der Waals surface area contributed by atoms with E-state index >= 15 is 0 Å². The van der Waals surface area contributed by atoms with Crippen LogP contribution in [0, 0.1) is 6.92 Å². The summed E-state index contributed by atoms with van der Waals surface area (Å²) < 4.78 is 0. The van der Waals surface area contributed by atoms with Gasteiger partial charge < -0.3 is 10.4 Å². The number of amides is 2. The van der Waals surface area contributed by atoms with E-state index in [9.17, 15) is 14.7 Å². The Morgan fingerprint density at radius 2 is 2.33 bits per heavy atom. The van der Waals surface area contributed by atoms with Crippen molar-refractivity contribution in [3.8, 4) is 0 Å². The molecule has 3 atom stereocenters. The Balaban J connectivity index is 2.08. The first-order valence-electron chi connectivity index (χ1n) is 6.79. The third kappa shape index (κ3) is 3.49. The lowest BCUT2D eigenvalue weighted by Gasteiger charge is -2.28. The molecule has 2 heterocycles. The highest BCUT2D eigenvalue weighted by Gasteiger charge is 2.41. The van der Waals surface area contributed by atoms with E-state index in [4.69, 9.17) is 0 Å². The maximum absolute atomic E-state index is 12.4. The number of aryl methyl sites for hydroxylation is 1. The summed E-state index contributed by atoms with van der Waals surface area (Å²) in [6.45, 7) is 5.77. The highest BCUT2D eigenvalue weighted by Crippen LogP contribution is 2.31. The van der Waals surface area contributed by atoms with Crippen molar-refractivity contribution in [3.05, 3.63) is 16.1 Å². The van der Waals surface area contributed by atoms with E-state index in [1.54, 1.807) is 6.20 Å². The molecule has 1 aliphatic heterocycles. The molecule has 0 aromatic carbocycles. The molecule has 1 fully saturated rings. The number of thiazole rings is 1. The van der Waals surface area contributed by atoms with Gasteiger partial charge in [0.25, 0.3) is 0 Å². The minimum atomic E-state index is -0.952. The third-order valence-electron chi connectivity index (χ3n) is 3.31. The van der Waals surface area contributed by atoms with Crippen molar-refractivity contribution in [2.75, 3.05) is 5.75 Å². The van der Waals surface area contributed by atoms with Crippen molar-refractivity contribution in [2.45, 2.75) is 44.6 Å². The van der Waals surface area contributed by atoms with Gasteiger partial charge >= 0.3 is 12.0 Å². The van der Waals surface area contributed by atoms with E-state index in [2.05, 4.69) is 10.3 Å². The smallest absolute Gasteiger partial charge is 0.327 e. The molecule has 2 rings (SSSR count). The van der Waals surface area contributed by atoms with Crippen LogP contribution in [-0.2, 0) is 4.79 Å². The minimum Gasteiger partial charge on any atom is -0.480 e. The molecule has 0 spiro atoms. The van der Waals surface area contributed by atoms with E-state index in [1.165, 1.54) is 28.0 Å². The van der Waals surface area contributed by atoms with Gasteiger partial charge in [0, 0.05) is 16.8 Å². The van der Waals surface area contributed by atoms with Crippen LogP contribution in [0.4, 0.5) is 4.79 Å². The van der Waals surface area contributed by atoms with Crippen LogP contribution in [0.5, 0.6) is 0 Å². The summed E-state index contributed by atoms with van der Waals surface area (Å²) in [7, 11) is 0. The van der Waals surface area contributed by atoms with Gasteiger partial charge in [-0.25, -0.2) is 14.6 Å². The van der Waals surface area contributed by atoms with Gasteiger partial charge in [0.05, 0.1) is 11.4 Å². The van der Waals surface area contributed by atoms with Gasteiger partial charge in [-0.3, -0.25) is 4.90 Å². The minimum absolute atomic E-state index is 0.0867. The van der Waals surface area contributed by atoms with Crippen LogP contribution in [0.1, 0.15) is 36.2 Å². The lowest BCUT2D eigenvalue weighted by atomic mass is 10.2. The molecule has 1 aromatic rings. The number of thioether (sulfide) groups is 1. The molecule has 6 nitrogen and oxygen atoms in total. The van der Waals surface area contributed by atoms with Crippen LogP contribution >= 0.6 is 23.1 Å². The van der Waals surface area contributed by atoms with Gasteiger partial charge in [-0.15, -0.1) is 23.1 Å². The van der Waals surface area contributed by atoms with Crippen LogP contribution in [0.3, 0.4) is 0 Å². The topological polar surface area (TPSA) is 82.5 Å². The van der Waals surface area contributed by atoms with Crippen LogP contribution < -0.4 is 5.32 Å². The number of nitrogens with zero attached hydrogens (tertiary/aromatic N) is 2. The summed E-state index contributed by atoms with van der Waals surface area (Å²) in [6.07, 6.45) is 2.50. The third-order valence-corrected chi connectivity index (χ3v) is 5.86. The number of carbonyl (C=O) groups is 2. The monoisotopic (exact) mass is 329 g/mol. The number of aliphatic carboxylic acids is 1. The summed E-state index contributed by atoms with van der Waals surface area (Å²) in [5, 5.41) is 12.9. The average Bonchev–Trinajstić information content (AvgIpc) is 3.03. The number of carbonyl (C=O) groups excluding carboxylic acids is 1. The molecule has 1 aromatic heterocycles. The SMILES string of the molecule is CCC1SCC(C(=O)O)N1C(=O)NC(C)c1ncc(C)s1. The van der Waals surface area contributed by atoms with Crippen molar-refractivity contribution in [3.63, 3.8) is 0 Å². The molecule has 1 aliphatic rings. The second-order valence-corrected chi connectivity index (χ2v) is 7.42. The molecule has 116 valence electrons. The number of carboxylic acid groups (broad SMARTS) is 1. The number of nitrogens with one attached hydrogen (secondary N) is 1. The van der Waals surface area contributed by atoms with Crippen LogP contribution in [0.2, 0.25) is 0 Å². The van der Waals surface area contributed by atoms with E-state index < -0.39 is 12.0 Å². The first-order valence-corrected chi connectivity index (χ1v) is 8.66. The zero-order valence-corrected chi connectivity index (χ0v) is 13.8. The van der Waals surface area contributed by atoms with Gasteiger partial charge in [-0.05, 0) is 20.3 Å². The Kier molecular flexibility index (Phi) is 5.10. The fraction of sp³-hybridized carbons (Fsp3) is 0.615. The molecule has 0 radical (unpaired) electrons. The molecule has 21 heavy (non-hydrogen) atoms. The highest BCUT2D eigenvalue weighted by molar-refractivity contribution is 8.00. The maximum atomic E-state index is 12.4. The fourth-order valence-electron chi connectivity index (χ4n) is 2.23. The number of hydrogen-bond donors (Lipinski definition) is 2. The second kappa shape index (κ2) is 6.65. The maximum Gasteiger partial charge on any atom is 0.327 e. The fourth-order valence-corrected chi connectivity index (χ4v) is 4.36. The van der Waals surface area contributed by atoms with E-state index in [0.29, 0.717) is 5.75 Å². The summed E-state index contributed by atoms with van der Waals surface area (Å²) in [4.78, 5) is 30.5. The van der Waals surface area contributed by atoms with Crippen LogP contribution in [0.15, 0.2) is 6.20 Å². The Labute approximate surface area is 131 Å². The predicted octanol–water partition coefficient (Wildman–Crippen LogP) is 2.46. The quantitative estimate of drug-likeness (QED) is 0.886. The largest absolute Gasteiger partial charge is 0.480 e. The number of aromatic nitrogens is 1. The first kappa shape index (κ1) is 16.1. The predicted molar refractivity (Wildman–Crippen MR) is 83.6 cm³/mol. The van der Waals surface area contributed by atoms with Crippen LogP contribution in [-0.4, -0.2) is 44.2 Å². The number of rotatable bonds is 4. The molecular weight excluding hydrogens is 310 g/mol. The molecule has 0 bridgehead atoms. The van der Waals surface area contributed by atoms with Gasteiger partial charge in [0.2, 0.25) is 0 Å². The normalized spacial score (nSPS) is 23.1. The molecule has 2 amide bonds. The molecule has 8 heteroatoms. The van der Waals surface area contributed by atoms with Gasteiger partial charge in [-0.2, -0.15) is 0 Å². The summed E-state index contributed by atoms with van der Waals surface area (Å²) >= 11 is 3.04. The van der Waals surface area contributed by atoms with E-state index in [-0.39, 0.29) is 17.4 Å². The summed E-state index contributed by atoms with van der Waals surface area (Å²) in [5.41, 5.74) is 0. The number of hydrogen-bond acceptors (Lipinski definition) is 5. The highest BCUT2D eigenvalue weighted by atomic mass is 32.2. The summed E-state index contributed by atoms with van der Waals surface area (Å²) in [6, 6.07) is -1.32. The van der Waals surface area contributed by atoms with Crippen molar-refractivity contribution in [1.29, 1.82) is 0 Å². The molecule has 2 N–H and O–H groups in total. The van der Waals surface area contributed by atoms with Crippen molar-refractivity contribution in [1.82, 2.24) is 15.2 Å². The Morgan fingerprint density at radius 3 is 2.86 bits per heavy atom. The standard InChI is InChI=1S/C13H19N3O3S2/c1-4-10-16(9(6-20-10)12(17)18)13(19)15-8(3)11-14-5-7(2)21-11/h5,8-10H,4,6H2,1-3H3,(H,15,19)(H,17,18). The lowest BCUT2D eigenvalue weighted by Crippen LogP contribution is -2.50. The van der Waals surface area contributed by atoms with Gasteiger partial charge in [0.15, 0.2) is 0 Å². The number of carboxylic acids is 1. The van der Waals surface area contributed by atoms with Crippen LogP contribution in [0.25, 0.3) is 0 Å². The first-order chi connectivity index (χ1) is 9.93. The van der Waals surface area contributed by atoms with E-state index in [0.717, 1.165) is 16.3 Å².